The van der Waals surface area contributed by atoms with E-state index in [1.807, 2.05) is 51.1 Å². The van der Waals surface area contributed by atoms with Gasteiger partial charge >= 0.3 is 12.2 Å². The molecule has 1 aromatic carbocycles. The summed E-state index contributed by atoms with van der Waals surface area (Å²) in [4.78, 5) is 45.9. The van der Waals surface area contributed by atoms with Crippen LogP contribution in [-0.2, 0) is 4.74 Å². The van der Waals surface area contributed by atoms with Gasteiger partial charge in [-0.2, -0.15) is 0 Å². The quantitative estimate of drug-likeness (QED) is 0.295. The molecule has 3 heterocycles. The van der Waals surface area contributed by atoms with Crippen molar-refractivity contribution in [3.05, 3.63) is 35.9 Å². The minimum Gasteiger partial charge on any atom is -0.465 e. The highest BCUT2D eigenvalue weighted by Crippen LogP contribution is 2.30. The van der Waals surface area contributed by atoms with Crippen LogP contribution in [0.4, 0.5) is 15.4 Å². The monoisotopic (exact) mass is 622 g/mol. The van der Waals surface area contributed by atoms with E-state index in [-0.39, 0.29) is 18.0 Å². The zero-order valence-electron chi connectivity index (χ0n) is 27.0. The number of fused-ring (bicyclic) bond motifs is 1. The van der Waals surface area contributed by atoms with Crippen LogP contribution in [0.15, 0.2) is 30.3 Å². The molecule has 3 fully saturated rings. The van der Waals surface area contributed by atoms with Crippen LogP contribution in [-0.4, -0.2) is 90.5 Å². The molecule has 2 aromatic rings. The number of pyridine rings is 1. The molecular weight excluding hydrogens is 572 g/mol. The van der Waals surface area contributed by atoms with Crippen LogP contribution in [0.5, 0.6) is 0 Å². The third-order valence-electron chi connectivity index (χ3n) is 9.48. The Hall–Kier alpha value is -3.60. The number of hydrogen-bond donors (Lipinski definition) is 4. The van der Waals surface area contributed by atoms with Crippen LogP contribution >= 0.6 is 0 Å². The molecule has 11 nitrogen and oxygen atoms in total. The van der Waals surface area contributed by atoms with Gasteiger partial charge in [0.15, 0.2) is 0 Å². The van der Waals surface area contributed by atoms with Crippen molar-refractivity contribution in [1.82, 2.24) is 25.8 Å². The summed E-state index contributed by atoms with van der Waals surface area (Å²) in [5.41, 5.74) is 1.01. The zero-order valence-corrected chi connectivity index (χ0v) is 27.0. The van der Waals surface area contributed by atoms with Crippen LogP contribution in [0, 0.1) is 17.8 Å². The summed E-state index contributed by atoms with van der Waals surface area (Å²) in [6.07, 6.45) is 6.07. The fourth-order valence-electron chi connectivity index (χ4n) is 6.86. The first-order valence-electron chi connectivity index (χ1n) is 16.6. The predicted molar refractivity (Wildman–Crippen MR) is 175 cm³/mol. The van der Waals surface area contributed by atoms with E-state index in [2.05, 4.69) is 25.8 Å². The van der Waals surface area contributed by atoms with Gasteiger partial charge in [0.25, 0.3) is 5.91 Å². The van der Waals surface area contributed by atoms with Crippen molar-refractivity contribution in [2.45, 2.75) is 77.4 Å². The second-order valence-corrected chi connectivity index (χ2v) is 14.1. The number of alkyl carbamates (subject to hydrolysis) is 1. The van der Waals surface area contributed by atoms with Gasteiger partial charge in [-0.25, -0.2) is 14.6 Å². The molecule has 1 saturated carbocycles. The second-order valence-electron chi connectivity index (χ2n) is 14.1. The lowest BCUT2D eigenvalue weighted by atomic mass is 9.82. The minimum atomic E-state index is -0.944. The number of piperidine rings is 1. The standard InChI is InChI=1S/C34H50N6O5/c1-34(2,3)45-33(44)36-20-25-10-8-24(9-11-25)19-35-31(41)28-18-30(38-29-7-5-4-6-27(28)29)40-16-13-23(14-17-40)12-15-39-21-26(22-39)37-32(42)43/h4-7,18,23-26,37H,8-17,19-22H2,1-3H3,(H,35,41)(H,36,44)(H,42,43). The Morgan fingerprint density at radius 1 is 0.933 bits per heavy atom. The Morgan fingerprint density at radius 3 is 2.22 bits per heavy atom. The number of rotatable bonds is 10. The molecule has 0 atom stereocenters. The van der Waals surface area contributed by atoms with E-state index in [1.54, 1.807) is 0 Å². The van der Waals surface area contributed by atoms with Gasteiger partial charge in [0.1, 0.15) is 11.4 Å². The Bertz CT molecular complexity index is 1320. The van der Waals surface area contributed by atoms with Gasteiger partial charge in [-0.05, 0) is 102 Å². The van der Waals surface area contributed by atoms with E-state index in [4.69, 9.17) is 14.8 Å². The van der Waals surface area contributed by atoms with Crippen molar-refractivity contribution in [2.24, 2.45) is 17.8 Å². The van der Waals surface area contributed by atoms with Crippen molar-refractivity contribution < 1.29 is 24.2 Å². The van der Waals surface area contributed by atoms with Gasteiger partial charge in [0.05, 0.1) is 17.1 Å². The number of anilines is 1. The average molecular weight is 623 g/mol. The molecule has 3 aliphatic rings. The Morgan fingerprint density at radius 2 is 1.58 bits per heavy atom. The number of amides is 3. The number of para-hydroxylation sites is 1. The van der Waals surface area contributed by atoms with E-state index >= 15 is 0 Å². The number of nitrogens with one attached hydrogen (secondary N) is 3. The summed E-state index contributed by atoms with van der Waals surface area (Å²) in [5.74, 6) is 2.31. The summed E-state index contributed by atoms with van der Waals surface area (Å²) < 4.78 is 5.35. The number of carboxylic acid groups (broad SMARTS) is 1. The number of ether oxygens (including phenoxy) is 1. The van der Waals surface area contributed by atoms with Crippen LogP contribution in [0.25, 0.3) is 10.9 Å². The Labute approximate surface area is 266 Å². The van der Waals surface area contributed by atoms with Gasteiger partial charge in [-0.3, -0.25) is 9.69 Å². The molecule has 5 rings (SSSR count). The summed E-state index contributed by atoms with van der Waals surface area (Å²) in [7, 11) is 0. The molecule has 2 aliphatic heterocycles. The fraction of sp³-hybridized carbons (Fsp3) is 0.647. The Balaban J connectivity index is 1.09. The highest BCUT2D eigenvalue weighted by Gasteiger charge is 2.29. The molecule has 0 spiro atoms. The Kier molecular flexibility index (Phi) is 10.7. The summed E-state index contributed by atoms with van der Waals surface area (Å²) >= 11 is 0. The third-order valence-corrected chi connectivity index (χ3v) is 9.48. The maximum atomic E-state index is 13.5. The molecule has 4 N–H and O–H groups in total. The number of carbonyl (C=O) groups is 3. The smallest absolute Gasteiger partial charge is 0.407 e. The van der Waals surface area contributed by atoms with Gasteiger partial charge in [0.2, 0.25) is 0 Å². The van der Waals surface area contributed by atoms with Crippen LogP contribution in [0.1, 0.15) is 76.1 Å². The maximum Gasteiger partial charge on any atom is 0.407 e. The van der Waals surface area contributed by atoms with Crippen molar-refractivity contribution >= 4 is 34.8 Å². The lowest BCUT2D eigenvalue weighted by Crippen LogP contribution is -2.59. The normalized spacial score (nSPS) is 21.6. The first-order chi connectivity index (χ1) is 21.5. The van der Waals surface area contributed by atoms with Crippen LogP contribution < -0.4 is 20.9 Å². The van der Waals surface area contributed by atoms with E-state index < -0.39 is 11.7 Å². The summed E-state index contributed by atoms with van der Waals surface area (Å²) in [6, 6.07) is 9.90. The van der Waals surface area contributed by atoms with Gasteiger partial charge < -0.3 is 30.7 Å². The molecule has 2 saturated heterocycles. The number of nitrogens with zero attached hydrogens (tertiary/aromatic N) is 3. The molecule has 0 bridgehead atoms. The highest BCUT2D eigenvalue weighted by molar-refractivity contribution is 6.07. The van der Waals surface area contributed by atoms with Crippen molar-refractivity contribution in [3.8, 4) is 0 Å². The van der Waals surface area contributed by atoms with Crippen LogP contribution in [0.2, 0.25) is 0 Å². The minimum absolute atomic E-state index is 0.0521. The molecule has 1 aromatic heterocycles. The lowest BCUT2D eigenvalue weighted by Gasteiger charge is -2.40. The van der Waals surface area contributed by atoms with Gasteiger partial charge in [-0.15, -0.1) is 0 Å². The second kappa shape index (κ2) is 14.7. The highest BCUT2D eigenvalue weighted by atomic mass is 16.6. The number of likely N-dealkylation sites (tertiary alicyclic amines) is 1. The number of hydrogen-bond acceptors (Lipinski definition) is 7. The first-order valence-corrected chi connectivity index (χ1v) is 16.6. The van der Waals surface area contributed by atoms with Crippen molar-refractivity contribution in [3.63, 3.8) is 0 Å². The number of aromatic nitrogens is 1. The fourth-order valence-corrected chi connectivity index (χ4v) is 6.86. The van der Waals surface area contributed by atoms with E-state index in [0.29, 0.717) is 36.4 Å². The number of carbonyl (C=O) groups excluding carboxylic acids is 2. The van der Waals surface area contributed by atoms with Gasteiger partial charge in [-0.1, -0.05) is 18.2 Å². The molecule has 0 radical (unpaired) electrons. The molecule has 45 heavy (non-hydrogen) atoms. The summed E-state index contributed by atoms with van der Waals surface area (Å²) in [6.45, 7) is 11.3. The predicted octanol–water partition coefficient (Wildman–Crippen LogP) is 4.85. The topological polar surface area (TPSA) is 136 Å². The summed E-state index contributed by atoms with van der Waals surface area (Å²) in [5, 5.41) is 18.4. The molecular formula is C34H50N6O5. The number of benzene rings is 1. The van der Waals surface area contributed by atoms with E-state index in [1.165, 1.54) is 0 Å². The van der Waals surface area contributed by atoms with E-state index in [9.17, 15) is 14.4 Å². The molecule has 246 valence electrons. The van der Waals surface area contributed by atoms with Crippen LogP contribution in [0.3, 0.4) is 0 Å². The molecule has 1 aliphatic carbocycles. The average Bonchev–Trinajstić information content (AvgIpc) is 2.99. The largest absolute Gasteiger partial charge is 0.465 e. The maximum absolute atomic E-state index is 13.5. The zero-order chi connectivity index (χ0) is 32.0. The molecule has 11 heteroatoms. The first kappa shape index (κ1) is 32.8. The van der Waals surface area contributed by atoms with E-state index in [0.717, 1.165) is 94.4 Å². The SMILES string of the molecule is CC(C)(C)OC(=O)NCC1CCC(CNC(=O)c2cc(N3CCC(CCN4CC(NC(=O)O)C4)CC3)nc3ccccc23)CC1. The molecule has 0 unspecified atom stereocenters. The van der Waals surface area contributed by atoms with Gasteiger partial charge in [0, 0.05) is 44.7 Å². The van der Waals surface area contributed by atoms with Crippen molar-refractivity contribution in [1.29, 1.82) is 0 Å². The molecule has 3 amide bonds. The third kappa shape index (κ3) is 9.45. The van der Waals surface area contributed by atoms with Crippen molar-refractivity contribution in [2.75, 3.05) is 50.7 Å². The lowest BCUT2D eigenvalue weighted by molar-refractivity contribution is 0.0512.